The minimum absolute atomic E-state index is 0.193. The smallest absolute Gasteiger partial charge is 0.319 e. The summed E-state index contributed by atoms with van der Waals surface area (Å²) in [6, 6.07) is 6.39. The summed E-state index contributed by atoms with van der Waals surface area (Å²) in [5, 5.41) is 0. The van der Waals surface area contributed by atoms with Gasteiger partial charge >= 0.3 is 5.97 Å². The first-order chi connectivity index (χ1) is 9.19. The molecule has 4 heteroatoms. The minimum Gasteiger partial charge on any atom is -0.493 e. The zero-order chi connectivity index (χ0) is 13.7. The number of hydrogen-bond acceptors (Lipinski definition) is 4. The molecule has 104 valence electrons. The molecule has 0 saturated carbocycles. The summed E-state index contributed by atoms with van der Waals surface area (Å²) < 4.78 is 10.2. The van der Waals surface area contributed by atoms with Crippen LogP contribution in [0.4, 0.5) is 0 Å². The van der Waals surface area contributed by atoms with Crippen LogP contribution in [-0.4, -0.2) is 44.7 Å². The lowest BCUT2D eigenvalue weighted by atomic mass is 10.0. The summed E-state index contributed by atoms with van der Waals surface area (Å²) in [4.78, 5) is 13.1. The Labute approximate surface area is 114 Å². The topological polar surface area (TPSA) is 38.8 Å². The number of hydrogen-bond donors (Lipinski definition) is 0. The van der Waals surface area contributed by atoms with E-state index in [1.807, 2.05) is 11.9 Å². The molecule has 0 unspecified atom stereocenters. The van der Waals surface area contributed by atoms with Crippen LogP contribution in [0.1, 0.15) is 17.5 Å². The maximum atomic E-state index is 11.1. The molecule has 0 aliphatic carbocycles. The van der Waals surface area contributed by atoms with Gasteiger partial charge in [-0.05, 0) is 43.5 Å². The van der Waals surface area contributed by atoms with Crippen molar-refractivity contribution in [1.82, 2.24) is 4.90 Å². The molecule has 0 amide bonds. The molecule has 0 aromatic heterocycles. The van der Waals surface area contributed by atoms with Crippen LogP contribution in [0.5, 0.6) is 5.75 Å². The number of likely N-dealkylation sites (N-methyl/N-ethyl adjacent to an activating group) is 1. The number of esters is 1. The Morgan fingerprint density at radius 1 is 1.47 bits per heavy atom. The van der Waals surface area contributed by atoms with Crippen molar-refractivity contribution in [3.63, 3.8) is 0 Å². The van der Waals surface area contributed by atoms with Crippen molar-refractivity contribution in [2.24, 2.45) is 0 Å². The van der Waals surface area contributed by atoms with Crippen LogP contribution < -0.4 is 4.74 Å². The van der Waals surface area contributed by atoms with Gasteiger partial charge in [0.25, 0.3) is 0 Å². The Bertz CT molecular complexity index is 445. The molecule has 0 fully saturated rings. The number of carbonyl (C=O) groups excluding carboxylic acids is 1. The van der Waals surface area contributed by atoms with Crippen molar-refractivity contribution in [3.05, 3.63) is 29.3 Å². The number of nitrogens with zero attached hydrogens (tertiary/aromatic N) is 1. The molecule has 0 radical (unpaired) electrons. The third-order valence-electron chi connectivity index (χ3n) is 3.38. The van der Waals surface area contributed by atoms with E-state index in [0.717, 1.165) is 38.2 Å². The van der Waals surface area contributed by atoms with Gasteiger partial charge < -0.3 is 9.47 Å². The van der Waals surface area contributed by atoms with Crippen LogP contribution in [0.3, 0.4) is 0 Å². The number of benzene rings is 1. The van der Waals surface area contributed by atoms with Gasteiger partial charge in [0.05, 0.1) is 20.3 Å². The fourth-order valence-corrected chi connectivity index (χ4v) is 2.25. The van der Waals surface area contributed by atoms with Gasteiger partial charge in [0, 0.05) is 6.54 Å². The Morgan fingerprint density at radius 3 is 3.11 bits per heavy atom. The lowest BCUT2D eigenvalue weighted by Crippen LogP contribution is -2.28. The van der Waals surface area contributed by atoms with E-state index < -0.39 is 0 Å². The first kappa shape index (κ1) is 13.9. The van der Waals surface area contributed by atoms with Gasteiger partial charge in [-0.15, -0.1) is 0 Å². The number of methoxy groups -OCH3 is 1. The molecule has 1 aliphatic heterocycles. The standard InChI is InChI=1S/C15H21NO3/c1-16(11-15(17)18-2)8-7-12-5-6-14-13(10-12)4-3-9-19-14/h5-6,10H,3-4,7-9,11H2,1-2H3. The Hall–Kier alpha value is -1.55. The summed E-state index contributed by atoms with van der Waals surface area (Å²) in [6.45, 7) is 2.01. The van der Waals surface area contributed by atoms with Crippen molar-refractivity contribution in [1.29, 1.82) is 0 Å². The van der Waals surface area contributed by atoms with Crippen LogP contribution in [0.2, 0.25) is 0 Å². The second kappa shape index (κ2) is 6.57. The number of fused-ring (bicyclic) bond motifs is 1. The molecule has 1 aliphatic rings. The second-order valence-electron chi connectivity index (χ2n) is 4.96. The van der Waals surface area contributed by atoms with E-state index in [2.05, 4.69) is 22.9 Å². The van der Waals surface area contributed by atoms with Gasteiger partial charge in [-0.3, -0.25) is 9.69 Å². The van der Waals surface area contributed by atoms with Crippen molar-refractivity contribution in [2.75, 3.05) is 33.9 Å². The average Bonchev–Trinajstić information content (AvgIpc) is 2.44. The molecule has 1 aromatic carbocycles. The minimum atomic E-state index is -0.193. The fourth-order valence-electron chi connectivity index (χ4n) is 2.25. The number of carbonyl (C=O) groups is 1. The molecule has 0 atom stereocenters. The third kappa shape index (κ3) is 3.96. The van der Waals surface area contributed by atoms with Crippen LogP contribution in [0.15, 0.2) is 18.2 Å². The molecular formula is C15H21NO3. The third-order valence-corrected chi connectivity index (χ3v) is 3.38. The normalized spacial score (nSPS) is 13.8. The molecule has 0 saturated heterocycles. The number of rotatable bonds is 5. The lowest BCUT2D eigenvalue weighted by Gasteiger charge is -2.19. The molecule has 0 N–H and O–H groups in total. The van der Waals surface area contributed by atoms with Gasteiger partial charge in [0.2, 0.25) is 0 Å². The highest BCUT2D eigenvalue weighted by Crippen LogP contribution is 2.25. The molecule has 2 rings (SSSR count). The second-order valence-corrected chi connectivity index (χ2v) is 4.96. The highest BCUT2D eigenvalue weighted by molar-refractivity contribution is 5.71. The molecular weight excluding hydrogens is 242 g/mol. The molecule has 4 nitrogen and oxygen atoms in total. The van der Waals surface area contributed by atoms with E-state index in [-0.39, 0.29) is 5.97 Å². The summed E-state index contributed by atoms with van der Waals surface area (Å²) in [5.41, 5.74) is 2.60. The van der Waals surface area contributed by atoms with Crippen molar-refractivity contribution in [2.45, 2.75) is 19.3 Å². The van der Waals surface area contributed by atoms with E-state index in [9.17, 15) is 4.79 Å². The van der Waals surface area contributed by atoms with Crippen molar-refractivity contribution in [3.8, 4) is 5.75 Å². The monoisotopic (exact) mass is 263 g/mol. The first-order valence-corrected chi connectivity index (χ1v) is 6.69. The Morgan fingerprint density at radius 2 is 2.32 bits per heavy atom. The highest BCUT2D eigenvalue weighted by Gasteiger charge is 2.11. The van der Waals surface area contributed by atoms with E-state index in [1.165, 1.54) is 18.2 Å². The van der Waals surface area contributed by atoms with E-state index in [0.29, 0.717) is 6.54 Å². The predicted octanol–water partition coefficient (Wildman–Crippen LogP) is 1.66. The fraction of sp³-hybridized carbons (Fsp3) is 0.533. The maximum Gasteiger partial charge on any atom is 0.319 e. The van der Waals surface area contributed by atoms with Gasteiger partial charge in [0.1, 0.15) is 5.75 Å². The number of ether oxygens (including phenoxy) is 2. The Kier molecular flexibility index (Phi) is 4.80. The SMILES string of the molecule is COC(=O)CN(C)CCc1ccc2c(c1)CCCO2. The average molecular weight is 263 g/mol. The largest absolute Gasteiger partial charge is 0.493 e. The van der Waals surface area contributed by atoms with Crippen LogP contribution in [-0.2, 0) is 22.4 Å². The van der Waals surface area contributed by atoms with Gasteiger partial charge in [-0.1, -0.05) is 12.1 Å². The molecule has 1 heterocycles. The maximum absolute atomic E-state index is 11.1. The van der Waals surface area contributed by atoms with E-state index in [4.69, 9.17) is 4.74 Å². The van der Waals surface area contributed by atoms with Gasteiger partial charge in [-0.25, -0.2) is 0 Å². The summed E-state index contributed by atoms with van der Waals surface area (Å²) in [7, 11) is 3.35. The zero-order valence-corrected chi connectivity index (χ0v) is 11.6. The van der Waals surface area contributed by atoms with Crippen LogP contribution in [0, 0.1) is 0 Å². The van der Waals surface area contributed by atoms with Gasteiger partial charge in [-0.2, -0.15) is 0 Å². The Balaban J connectivity index is 1.87. The lowest BCUT2D eigenvalue weighted by molar-refractivity contribution is -0.141. The van der Waals surface area contributed by atoms with Crippen LogP contribution in [0.25, 0.3) is 0 Å². The quantitative estimate of drug-likeness (QED) is 0.757. The molecule has 0 bridgehead atoms. The molecule has 1 aromatic rings. The predicted molar refractivity (Wildman–Crippen MR) is 73.5 cm³/mol. The summed E-state index contributed by atoms with van der Waals surface area (Å²) in [5.74, 6) is 0.833. The van der Waals surface area contributed by atoms with E-state index in [1.54, 1.807) is 0 Å². The highest BCUT2D eigenvalue weighted by atomic mass is 16.5. The number of aryl methyl sites for hydroxylation is 1. The van der Waals surface area contributed by atoms with E-state index >= 15 is 0 Å². The summed E-state index contributed by atoms with van der Waals surface area (Å²) >= 11 is 0. The zero-order valence-electron chi connectivity index (χ0n) is 11.6. The van der Waals surface area contributed by atoms with Gasteiger partial charge in [0.15, 0.2) is 0 Å². The molecule has 0 spiro atoms. The summed E-state index contributed by atoms with van der Waals surface area (Å²) in [6.07, 6.45) is 3.13. The first-order valence-electron chi connectivity index (χ1n) is 6.69. The van der Waals surface area contributed by atoms with Crippen molar-refractivity contribution >= 4 is 5.97 Å². The van der Waals surface area contributed by atoms with Crippen LogP contribution >= 0.6 is 0 Å². The van der Waals surface area contributed by atoms with Crippen molar-refractivity contribution < 1.29 is 14.3 Å². The molecule has 19 heavy (non-hydrogen) atoms.